The van der Waals surface area contributed by atoms with Gasteiger partial charge in [0.05, 0.1) is 10.5 Å². The van der Waals surface area contributed by atoms with E-state index in [1.54, 1.807) is 18.3 Å². The number of hydrogen-bond acceptors (Lipinski definition) is 3. The molecule has 2 aromatic carbocycles. The number of pyridine rings is 1. The van der Waals surface area contributed by atoms with Gasteiger partial charge in [0.2, 0.25) is 0 Å². The second-order valence-corrected chi connectivity index (χ2v) is 5.14. The molecule has 0 radical (unpaired) electrons. The third-order valence-electron chi connectivity index (χ3n) is 3.23. The van der Waals surface area contributed by atoms with Crippen LogP contribution in [-0.2, 0) is 6.54 Å². The number of nitrogens with two attached hydrogens (primary N) is 1. The van der Waals surface area contributed by atoms with E-state index in [9.17, 15) is 4.39 Å². The van der Waals surface area contributed by atoms with E-state index >= 15 is 0 Å². The Morgan fingerprint density at radius 3 is 2.81 bits per heavy atom. The number of fused-ring (bicyclic) bond motifs is 1. The summed E-state index contributed by atoms with van der Waals surface area (Å²) in [6.07, 6.45) is 1.72. The number of benzene rings is 2. The zero-order chi connectivity index (χ0) is 14.8. The summed E-state index contributed by atoms with van der Waals surface area (Å²) >= 11 is 5.78. The van der Waals surface area contributed by atoms with E-state index < -0.39 is 5.82 Å². The molecule has 1 heterocycles. The van der Waals surface area contributed by atoms with Crippen molar-refractivity contribution in [3.05, 3.63) is 65.1 Å². The van der Waals surface area contributed by atoms with Crippen LogP contribution in [0.15, 0.2) is 48.7 Å². The molecule has 0 unspecified atom stereocenters. The van der Waals surface area contributed by atoms with E-state index in [2.05, 4.69) is 10.3 Å². The molecule has 3 N–H and O–H groups in total. The first-order valence-electron chi connectivity index (χ1n) is 6.45. The van der Waals surface area contributed by atoms with Gasteiger partial charge < -0.3 is 11.1 Å². The van der Waals surface area contributed by atoms with E-state index in [4.69, 9.17) is 17.3 Å². The summed E-state index contributed by atoms with van der Waals surface area (Å²) < 4.78 is 13.1. The number of hydrogen-bond donors (Lipinski definition) is 2. The zero-order valence-electron chi connectivity index (χ0n) is 11.1. The SMILES string of the molecule is Nc1ccc2c(NCc3ccc(F)c(Cl)c3)ccnc2c1. The average Bonchev–Trinajstić information content (AvgIpc) is 2.48. The topological polar surface area (TPSA) is 50.9 Å². The minimum absolute atomic E-state index is 0.127. The molecule has 0 fully saturated rings. The monoisotopic (exact) mass is 301 g/mol. The maximum atomic E-state index is 13.1. The van der Waals surface area contributed by atoms with Crippen LogP contribution in [0.4, 0.5) is 15.8 Å². The summed E-state index contributed by atoms with van der Waals surface area (Å²) in [7, 11) is 0. The molecular formula is C16H13ClFN3. The van der Waals surface area contributed by atoms with Gasteiger partial charge in [-0.15, -0.1) is 0 Å². The van der Waals surface area contributed by atoms with Crippen molar-refractivity contribution in [1.29, 1.82) is 0 Å². The summed E-state index contributed by atoms with van der Waals surface area (Å²) in [6.45, 7) is 0.545. The van der Waals surface area contributed by atoms with Gasteiger partial charge >= 0.3 is 0 Å². The molecule has 0 saturated carbocycles. The van der Waals surface area contributed by atoms with Crippen molar-refractivity contribution in [3.63, 3.8) is 0 Å². The van der Waals surface area contributed by atoms with Gasteiger partial charge in [-0.3, -0.25) is 4.98 Å². The second-order valence-electron chi connectivity index (χ2n) is 4.74. The standard InChI is InChI=1S/C16H13ClFN3/c17-13-7-10(1-4-14(13)18)9-21-15-5-6-20-16-8-11(19)2-3-12(15)16/h1-8H,9,19H2,(H,20,21). The lowest BCUT2D eigenvalue weighted by atomic mass is 10.1. The minimum atomic E-state index is -0.412. The van der Waals surface area contributed by atoms with Crippen molar-refractivity contribution < 1.29 is 4.39 Å². The number of halogens is 2. The van der Waals surface area contributed by atoms with Gasteiger partial charge in [0.1, 0.15) is 5.82 Å². The largest absolute Gasteiger partial charge is 0.399 e. The molecule has 0 aliphatic rings. The van der Waals surface area contributed by atoms with Crippen molar-refractivity contribution >= 4 is 33.9 Å². The molecule has 0 amide bonds. The number of aromatic nitrogens is 1. The van der Waals surface area contributed by atoms with Crippen LogP contribution in [-0.4, -0.2) is 4.98 Å². The van der Waals surface area contributed by atoms with Crippen LogP contribution in [0.25, 0.3) is 10.9 Å². The van der Waals surface area contributed by atoms with Crippen molar-refractivity contribution in [3.8, 4) is 0 Å². The molecule has 0 aliphatic carbocycles. The Kier molecular flexibility index (Phi) is 3.62. The number of nitrogens with zero attached hydrogens (tertiary/aromatic N) is 1. The molecule has 21 heavy (non-hydrogen) atoms. The van der Waals surface area contributed by atoms with Gasteiger partial charge in [-0.25, -0.2) is 4.39 Å². The van der Waals surface area contributed by atoms with E-state index in [0.717, 1.165) is 22.2 Å². The van der Waals surface area contributed by atoms with E-state index in [-0.39, 0.29) is 5.02 Å². The predicted molar refractivity (Wildman–Crippen MR) is 84.9 cm³/mol. The Balaban J connectivity index is 1.86. The maximum absolute atomic E-state index is 13.1. The van der Waals surface area contributed by atoms with Crippen LogP contribution in [0.2, 0.25) is 5.02 Å². The van der Waals surface area contributed by atoms with Crippen molar-refractivity contribution in [2.75, 3.05) is 11.1 Å². The summed E-state index contributed by atoms with van der Waals surface area (Å²) in [5, 5.41) is 4.42. The van der Waals surface area contributed by atoms with Crippen LogP contribution in [0, 0.1) is 5.82 Å². The summed E-state index contributed by atoms with van der Waals surface area (Å²) in [6, 6.07) is 12.2. The molecule has 3 aromatic rings. The maximum Gasteiger partial charge on any atom is 0.141 e. The quantitative estimate of drug-likeness (QED) is 0.712. The number of rotatable bonds is 3. The number of nitrogens with one attached hydrogen (secondary N) is 1. The molecule has 0 bridgehead atoms. The Morgan fingerprint density at radius 2 is 2.00 bits per heavy atom. The summed E-state index contributed by atoms with van der Waals surface area (Å²) in [4.78, 5) is 4.29. The molecule has 3 nitrogen and oxygen atoms in total. The fourth-order valence-corrected chi connectivity index (χ4v) is 2.37. The first-order chi connectivity index (χ1) is 10.1. The Bertz CT molecular complexity index is 805. The highest BCUT2D eigenvalue weighted by atomic mass is 35.5. The lowest BCUT2D eigenvalue weighted by molar-refractivity contribution is 0.627. The number of anilines is 2. The van der Waals surface area contributed by atoms with Gasteiger partial charge in [0.25, 0.3) is 0 Å². The zero-order valence-corrected chi connectivity index (χ0v) is 11.9. The molecule has 0 aliphatic heterocycles. The Morgan fingerprint density at radius 1 is 1.14 bits per heavy atom. The van der Waals surface area contributed by atoms with Gasteiger partial charge in [0, 0.05) is 29.5 Å². The molecule has 0 saturated heterocycles. The summed E-state index contributed by atoms with van der Waals surface area (Å²) in [5.41, 5.74) is 9.12. The highest BCUT2D eigenvalue weighted by Crippen LogP contribution is 2.24. The predicted octanol–water partition coefficient (Wildman–Crippen LogP) is 4.22. The van der Waals surface area contributed by atoms with E-state index in [1.807, 2.05) is 24.3 Å². The average molecular weight is 302 g/mol. The highest BCUT2D eigenvalue weighted by molar-refractivity contribution is 6.30. The lowest BCUT2D eigenvalue weighted by Gasteiger charge is -2.10. The van der Waals surface area contributed by atoms with Gasteiger partial charge in [-0.05, 0) is 42.0 Å². The molecule has 1 aromatic heterocycles. The third-order valence-corrected chi connectivity index (χ3v) is 3.52. The molecule has 0 atom stereocenters. The van der Waals surface area contributed by atoms with Crippen LogP contribution < -0.4 is 11.1 Å². The van der Waals surface area contributed by atoms with Crippen molar-refractivity contribution in [2.45, 2.75) is 6.54 Å². The van der Waals surface area contributed by atoms with Crippen LogP contribution in [0.1, 0.15) is 5.56 Å². The molecule has 106 valence electrons. The number of nitrogen functional groups attached to an aromatic ring is 1. The van der Waals surface area contributed by atoms with Gasteiger partial charge in [-0.2, -0.15) is 0 Å². The van der Waals surface area contributed by atoms with E-state index in [0.29, 0.717) is 12.2 Å². The lowest BCUT2D eigenvalue weighted by Crippen LogP contribution is -2.01. The van der Waals surface area contributed by atoms with Crippen LogP contribution in [0.3, 0.4) is 0 Å². The molecular weight excluding hydrogens is 289 g/mol. The van der Waals surface area contributed by atoms with Crippen molar-refractivity contribution in [1.82, 2.24) is 4.98 Å². The molecule has 5 heteroatoms. The van der Waals surface area contributed by atoms with Crippen LogP contribution in [0.5, 0.6) is 0 Å². The normalized spacial score (nSPS) is 10.8. The Hall–Kier alpha value is -2.33. The van der Waals surface area contributed by atoms with Crippen molar-refractivity contribution in [2.24, 2.45) is 0 Å². The fraction of sp³-hybridized carbons (Fsp3) is 0.0625. The second kappa shape index (κ2) is 5.58. The fourth-order valence-electron chi connectivity index (χ4n) is 2.17. The molecule has 0 spiro atoms. The smallest absolute Gasteiger partial charge is 0.141 e. The Labute approximate surface area is 126 Å². The first kappa shape index (κ1) is 13.6. The van der Waals surface area contributed by atoms with Gasteiger partial charge in [0.15, 0.2) is 0 Å². The third kappa shape index (κ3) is 2.90. The molecule has 3 rings (SSSR count). The summed E-state index contributed by atoms with van der Waals surface area (Å²) in [5.74, 6) is -0.412. The van der Waals surface area contributed by atoms with Gasteiger partial charge in [-0.1, -0.05) is 17.7 Å². The first-order valence-corrected chi connectivity index (χ1v) is 6.83. The highest BCUT2D eigenvalue weighted by Gasteiger charge is 2.04. The van der Waals surface area contributed by atoms with Crippen LogP contribution >= 0.6 is 11.6 Å². The van der Waals surface area contributed by atoms with E-state index in [1.165, 1.54) is 6.07 Å². The minimum Gasteiger partial charge on any atom is -0.399 e.